The predicted octanol–water partition coefficient (Wildman–Crippen LogP) is 3.26. The minimum absolute atomic E-state index is 0.197. The minimum atomic E-state index is -4.49. The third kappa shape index (κ3) is 3.38. The van der Waals surface area contributed by atoms with Crippen molar-refractivity contribution in [2.45, 2.75) is 19.2 Å². The molecule has 0 bridgehead atoms. The SMILES string of the molecule is C[C@@H](OC(N)=O)c1ccc(-c2nc(C(F)(F)F)cn2C)cc1. The zero-order valence-electron chi connectivity index (χ0n) is 11.9. The van der Waals surface area contributed by atoms with Gasteiger partial charge in [0.2, 0.25) is 0 Å². The summed E-state index contributed by atoms with van der Waals surface area (Å²) in [5.74, 6) is 0.197. The Kier molecular flexibility index (Phi) is 4.11. The number of rotatable bonds is 3. The van der Waals surface area contributed by atoms with E-state index in [-0.39, 0.29) is 5.82 Å². The lowest BCUT2D eigenvalue weighted by Gasteiger charge is -2.12. The van der Waals surface area contributed by atoms with Crippen LogP contribution < -0.4 is 5.73 Å². The maximum absolute atomic E-state index is 12.7. The first-order valence-corrected chi connectivity index (χ1v) is 6.35. The molecular formula is C14H14F3N3O2. The molecule has 0 aliphatic carbocycles. The van der Waals surface area contributed by atoms with Gasteiger partial charge in [0.1, 0.15) is 11.9 Å². The first-order valence-electron chi connectivity index (χ1n) is 6.35. The van der Waals surface area contributed by atoms with E-state index >= 15 is 0 Å². The van der Waals surface area contributed by atoms with E-state index < -0.39 is 24.1 Å². The molecule has 8 heteroatoms. The average Bonchev–Trinajstić information content (AvgIpc) is 2.80. The smallest absolute Gasteiger partial charge is 0.434 e. The molecule has 2 aromatic rings. The summed E-state index contributed by atoms with van der Waals surface area (Å²) < 4.78 is 44.1. The Morgan fingerprint density at radius 1 is 1.32 bits per heavy atom. The van der Waals surface area contributed by atoms with Crippen LogP contribution in [0.2, 0.25) is 0 Å². The second kappa shape index (κ2) is 5.70. The van der Waals surface area contributed by atoms with Gasteiger partial charge in [-0.2, -0.15) is 13.2 Å². The Morgan fingerprint density at radius 2 is 1.91 bits per heavy atom. The number of amides is 1. The van der Waals surface area contributed by atoms with Crippen molar-refractivity contribution < 1.29 is 22.7 Å². The van der Waals surface area contributed by atoms with Crippen LogP contribution in [-0.2, 0) is 18.0 Å². The molecule has 2 rings (SSSR count). The van der Waals surface area contributed by atoms with Gasteiger partial charge in [-0.25, -0.2) is 9.78 Å². The summed E-state index contributed by atoms with van der Waals surface area (Å²) in [5, 5.41) is 0. The number of hydrogen-bond donors (Lipinski definition) is 1. The highest BCUT2D eigenvalue weighted by Gasteiger charge is 2.34. The van der Waals surface area contributed by atoms with E-state index in [1.54, 1.807) is 31.2 Å². The summed E-state index contributed by atoms with van der Waals surface area (Å²) >= 11 is 0. The normalized spacial score (nSPS) is 13.0. The van der Waals surface area contributed by atoms with Gasteiger partial charge in [0, 0.05) is 18.8 Å². The van der Waals surface area contributed by atoms with Crippen molar-refractivity contribution in [2.75, 3.05) is 0 Å². The molecule has 1 aromatic carbocycles. The van der Waals surface area contributed by atoms with Gasteiger partial charge in [-0.05, 0) is 12.5 Å². The molecule has 0 spiro atoms. The number of carbonyl (C=O) groups excluding carboxylic acids is 1. The van der Waals surface area contributed by atoms with Gasteiger partial charge in [-0.1, -0.05) is 24.3 Å². The van der Waals surface area contributed by atoms with Crippen LogP contribution >= 0.6 is 0 Å². The van der Waals surface area contributed by atoms with Crippen LogP contribution in [0.25, 0.3) is 11.4 Å². The first-order chi connectivity index (χ1) is 10.2. The van der Waals surface area contributed by atoms with E-state index in [0.29, 0.717) is 11.1 Å². The lowest BCUT2D eigenvalue weighted by atomic mass is 10.1. The Morgan fingerprint density at radius 3 is 2.36 bits per heavy atom. The molecule has 0 radical (unpaired) electrons. The third-order valence-corrected chi connectivity index (χ3v) is 3.10. The second-order valence-electron chi connectivity index (χ2n) is 4.76. The van der Waals surface area contributed by atoms with Crippen molar-refractivity contribution in [1.29, 1.82) is 0 Å². The zero-order chi connectivity index (χ0) is 16.5. The molecule has 0 saturated heterocycles. The maximum atomic E-state index is 12.7. The fraction of sp³-hybridized carbons (Fsp3) is 0.286. The average molecular weight is 313 g/mol. The summed E-state index contributed by atoms with van der Waals surface area (Å²) in [4.78, 5) is 14.3. The fourth-order valence-electron chi connectivity index (χ4n) is 2.02. The number of imidazole rings is 1. The highest BCUT2D eigenvalue weighted by Crippen LogP contribution is 2.31. The van der Waals surface area contributed by atoms with E-state index in [9.17, 15) is 18.0 Å². The van der Waals surface area contributed by atoms with E-state index in [1.165, 1.54) is 11.6 Å². The highest BCUT2D eigenvalue weighted by molar-refractivity contribution is 5.65. The van der Waals surface area contributed by atoms with Gasteiger partial charge in [-0.3, -0.25) is 0 Å². The molecule has 1 amide bonds. The van der Waals surface area contributed by atoms with Crippen LogP contribution in [0.1, 0.15) is 24.3 Å². The van der Waals surface area contributed by atoms with E-state index in [1.807, 2.05) is 0 Å². The summed E-state index contributed by atoms with van der Waals surface area (Å²) in [6.45, 7) is 1.64. The van der Waals surface area contributed by atoms with Gasteiger partial charge in [0.25, 0.3) is 0 Å². The lowest BCUT2D eigenvalue weighted by Crippen LogP contribution is -2.15. The molecule has 2 N–H and O–H groups in total. The zero-order valence-corrected chi connectivity index (χ0v) is 11.9. The molecule has 1 heterocycles. The molecule has 5 nitrogen and oxygen atoms in total. The number of ether oxygens (including phenoxy) is 1. The van der Waals surface area contributed by atoms with Crippen molar-refractivity contribution in [1.82, 2.24) is 9.55 Å². The molecule has 0 aliphatic rings. The molecule has 118 valence electrons. The quantitative estimate of drug-likeness (QED) is 0.945. The largest absolute Gasteiger partial charge is 0.442 e. The summed E-state index contributed by atoms with van der Waals surface area (Å²) in [5.41, 5.74) is 5.18. The monoisotopic (exact) mass is 313 g/mol. The van der Waals surface area contributed by atoms with Crippen LogP contribution in [0.15, 0.2) is 30.5 Å². The Bertz CT molecular complexity index is 678. The van der Waals surface area contributed by atoms with Gasteiger partial charge in [0.05, 0.1) is 0 Å². The molecule has 0 fully saturated rings. The van der Waals surface area contributed by atoms with Crippen LogP contribution in [0.4, 0.5) is 18.0 Å². The number of primary amides is 1. The lowest BCUT2D eigenvalue weighted by molar-refractivity contribution is -0.140. The van der Waals surface area contributed by atoms with Crippen LogP contribution in [0, 0.1) is 0 Å². The second-order valence-corrected chi connectivity index (χ2v) is 4.76. The Hall–Kier alpha value is -2.51. The van der Waals surface area contributed by atoms with Gasteiger partial charge < -0.3 is 15.0 Å². The molecule has 1 atom stereocenters. The van der Waals surface area contributed by atoms with Gasteiger partial charge >= 0.3 is 12.3 Å². The maximum Gasteiger partial charge on any atom is 0.434 e. The van der Waals surface area contributed by atoms with Gasteiger partial charge in [-0.15, -0.1) is 0 Å². The third-order valence-electron chi connectivity index (χ3n) is 3.10. The fourth-order valence-corrected chi connectivity index (χ4v) is 2.02. The number of nitrogens with zero attached hydrogens (tertiary/aromatic N) is 2. The first kappa shape index (κ1) is 15.9. The van der Waals surface area contributed by atoms with Crippen LogP contribution in [0.3, 0.4) is 0 Å². The predicted molar refractivity (Wildman–Crippen MR) is 72.7 cm³/mol. The summed E-state index contributed by atoms with van der Waals surface area (Å²) in [6.07, 6.45) is -4.99. The molecule has 1 aromatic heterocycles. The number of alkyl halides is 3. The topological polar surface area (TPSA) is 70.1 Å². The Balaban J connectivity index is 2.28. The highest BCUT2D eigenvalue weighted by atomic mass is 19.4. The van der Waals surface area contributed by atoms with Gasteiger partial charge in [0.15, 0.2) is 5.69 Å². The molecule has 22 heavy (non-hydrogen) atoms. The van der Waals surface area contributed by atoms with E-state index in [0.717, 1.165) is 6.20 Å². The summed E-state index contributed by atoms with van der Waals surface area (Å²) in [7, 11) is 1.49. The standard InChI is InChI=1S/C14H14F3N3O2/c1-8(22-13(18)21)9-3-5-10(6-4-9)12-19-11(7-20(12)2)14(15,16)17/h3-8H,1-2H3,(H2,18,21)/t8-/m1/s1. The van der Waals surface area contributed by atoms with Crippen molar-refractivity contribution in [3.05, 3.63) is 41.7 Å². The van der Waals surface area contributed by atoms with Crippen LogP contribution in [-0.4, -0.2) is 15.6 Å². The number of nitrogens with two attached hydrogens (primary N) is 1. The Labute approximate surface area is 124 Å². The van der Waals surface area contributed by atoms with Crippen molar-refractivity contribution >= 4 is 6.09 Å². The van der Waals surface area contributed by atoms with Crippen LogP contribution in [0.5, 0.6) is 0 Å². The summed E-state index contributed by atoms with van der Waals surface area (Å²) in [6, 6.07) is 6.51. The van der Waals surface area contributed by atoms with E-state index in [2.05, 4.69) is 4.98 Å². The number of halogens is 3. The number of carbonyl (C=O) groups is 1. The van der Waals surface area contributed by atoms with Crippen molar-refractivity contribution in [3.8, 4) is 11.4 Å². The molecular weight excluding hydrogens is 299 g/mol. The molecule has 0 saturated carbocycles. The van der Waals surface area contributed by atoms with Crippen molar-refractivity contribution in [2.24, 2.45) is 12.8 Å². The molecule has 0 aliphatic heterocycles. The van der Waals surface area contributed by atoms with Crippen molar-refractivity contribution in [3.63, 3.8) is 0 Å². The number of aryl methyl sites for hydroxylation is 1. The van der Waals surface area contributed by atoms with E-state index in [4.69, 9.17) is 10.5 Å². The number of benzene rings is 1. The number of aromatic nitrogens is 2. The minimum Gasteiger partial charge on any atom is -0.442 e. The molecule has 0 unspecified atom stereocenters. The number of hydrogen-bond acceptors (Lipinski definition) is 3.